The molecule has 0 fully saturated rings. The van der Waals surface area contributed by atoms with Gasteiger partial charge >= 0.3 is 0 Å². The molecule has 4 aromatic rings. The fourth-order valence-electron chi connectivity index (χ4n) is 2.26. The van der Waals surface area contributed by atoms with E-state index in [0.29, 0.717) is 34.3 Å². The van der Waals surface area contributed by atoms with Gasteiger partial charge in [-0.15, -0.1) is 0 Å². The number of anilines is 2. The van der Waals surface area contributed by atoms with E-state index in [1.54, 1.807) is 42.9 Å². The lowest BCUT2D eigenvalue weighted by molar-refractivity contribution is 0.580. The molecule has 122 valence electrons. The monoisotopic (exact) mass is 334 g/mol. The molecule has 0 aliphatic carbocycles. The van der Waals surface area contributed by atoms with Crippen LogP contribution in [0.3, 0.4) is 0 Å². The van der Waals surface area contributed by atoms with Gasteiger partial charge in [-0.25, -0.2) is 24.9 Å². The number of hydrogen-bond acceptors (Lipinski definition) is 7. The number of nitrogens with zero attached hydrogens (tertiary/aromatic N) is 5. The lowest BCUT2D eigenvalue weighted by atomic mass is 10.1. The van der Waals surface area contributed by atoms with Gasteiger partial charge in [-0.05, 0) is 30.3 Å². The number of nitrogens with one attached hydrogen (secondary N) is 1. The molecule has 0 aliphatic heterocycles. The van der Waals surface area contributed by atoms with E-state index in [0.717, 1.165) is 0 Å². The molecule has 0 saturated heterocycles. The highest BCUT2D eigenvalue weighted by Crippen LogP contribution is 2.30. The first-order valence-electron chi connectivity index (χ1n) is 7.35. The maximum Gasteiger partial charge on any atom is 0.227 e. The number of furan rings is 1. The summed E-state index contributed by atoms with van der Waals surface area (Å²) in [5.41, 5.74) is 2.54. The molecule has 0 aromatic carbocycles. The van der Waals surface area contributed by atoms with E-state index in [1.807, 2.05) is 0 Å². The first-order valence-corrected chi connectivity index (χ1v) is 7.35. The SMILES string of the molecule is Fc1ccc(Nc2ncc(-c3ccncn3)c(-c3ccco3)n2)cn1. The predicted molar refractivity (Wildman–Crippen MR) is 88.2 cm³/mol. The van der Waals surface area contributed by atoms with E-state index >= 15 is 0 Å². The van der Waals surface area contributed by atoms with Crippen molar-refractivity contribution in [3.05, 3.63) is 67.5 Å². The summed E-state index contributed by atoms with van der Waals surface area (Å²) in [6, 6.07) is 8.15. The molecule has 0 amide bonds. The summed E-state index contributed by atoms with van der Waals surface area (Å²) in [5, 5.41) is 2.99. The van der Waals surface area contributed by atoms with Gasteiger partial charge in [0, 0.05) is 18.0 Å². The van der Waals surface area contributed by atoms with Gasteiger partial charge in [-0.2, -0.15) is 4.39 Å². The Morgan fingerprint density at radius 1 is 1.00 bits per heavy atom. The van der Waals surface area contributed by atoms with Crippen LogP contribution < -0.4 is 5.32 Å². The maximum absolute atomic E-state index is 12.9. The second-order valence-corrected chi connectivity index (χ2v) is 5.02. The molecule has 0 aliphatic rings. The standard InChI is InChI=1S/C17H11FN6O/c18-15-4-3-11(8-20-15)23-17-21-9-12(13-5-6-19-10-22-13)16(24-17)14-2-1-7-25-14/h1-10H,(H,21,23,24). The van der Waals surface area contributed by atoms with Crippen LogP contribution in [0.25, 0.3) is 22.7 Å². The van der Waals surface area contributed by atoms with Crippen LogP contribution in [0.4, 0.5) is 16.0 Å². The summed E-state index contributed by atoms with van der Waals surface area (Å²) < 4.78 is 18.4. The van der Waals surface area contributed by atoms with Crippen molar-refractivity contribution in [2.75, 3.05) is 5.32 Å². The molecule has 0 unspecified atom stereocenters. The highest BCUT2D eigenvalue weighted by atomic mass is 19.1. The van der Waals surface area contributed by atoms with Gasteiger partial charge in [0.25, 0.3) is 0 Å². The Hall–Kier alpha value is -3.68. The molecule has 0 atom stereocenters. The molecule has 4 rings (SSSR count). The third kappa shape index (κ3) is 3.18. The Morgan fingerprint density at radius 3 is 2.68 bits per heavy atom. The Balaban J connectivity index is 1.76. The number of rotatable bonds is 4. The summed E-state index contributed by atoms with van der Waals surface area (Å²) in [7, 11) is 0. The van der Waals surface area contributed by atoms with Crippen LogP contribution >= 0.6 is 0 Å². The number of halogens is 1. The quantitative estimate of drug-likeness (QED) is 0.571. The maximum atomic E-state index is 12.9. The van der Waals surface area contributed by atoms with E-state index in [9.17, 15) is 4.39 Å². The summed E-state index contributed by atoms with van der Waals surface area (Å²) in [4.78, 5) is 20.6. The number of aromatic nitrogens is 5. The van der Waals surface area contributed by atoms with Crippen molar-refractivity contribution in [2.45, 2.75) is 0 Å². The molecule has 7 nitrogen and oxygen atoms in total. The van der Waals surface area contributed by atoms with Gasteiger partial charge in [-0.1, -0.05) is 0 Å². The fraction of sp³-hybridized carbons (Fsp3) is 0. The highest BCUT2D eigenvalue weighted by Gasteiger charge is 2.15. The van der Waals surface area contributed by atoms with Crippen LogP contribution in [0.1, 0.15) is 0 Å². The minimum atomic E-state index is -0.554. The zero-order valence-electron chi connectivity index (χ0n) is 12.8. The smallest absolute Gasteiger partial charge is 0.227 e. The summed E-state index contributed by atoms with van der Waals surface area (Å²) in [5.74, 6) is 0.357. The molecule has 0 radical (unpaired) electrons. The molecule has 25 heavy (non-hydrogen) atoms. The van der Waals surface area contributed by atoms with Gasteiger partial charge in [0.2, 0.25) is 11.9 Å². The van der Waals surface area contributed by atoms with E-state index in [2.05, 4.69) is 30.2 Å². The van der Waals surface area contributed by atoms with Crippen molar-refractivity contribution < 1.29 is 8.81 Å². The van der Waals surface area contributed by atoms with Gasteiger partial charge < -0.3 is 9.73 Å². The van der Waals surface area contributed by atoms with Crippen LogP contribution in [0.5, 0.6) is 0 Å². The molecule has 4 heterocycles. The zero-order valence-corrected chi connectivity index (χ0v) is 12.8. The van der Waals surface area contributed by atoms with E-state index in [-0.39, 0.29) is 0 Å². The molecule has 0 saturated carbocycles. The van der Waals surface area contributed by atoms with Crippen LogP contribution in [0.15, 0.2) is 65.9 Å². The summed E-state index contributed by atoms with van der Waals surface area (Å²) >= 11 is 0. The van der Waals surface area contributed by atoms with Crippen molar-refractivity contribution in [3.63, 3.8) is 0 Å². The third-order valence-corrected chi connectivity index (χ3v) is 3.38. The van der Waals surface area contributed by atoms with Crippen LogP contribution in [-0.4, -0.2) is 24.9 Å². The van der Waals surface area contributed by atoms with E-state index in [4.69, 9.17) is 4.42 Å². The van der Waals surface area contributed by atoms with Crippen molar-refractivity contribution in [1.29, 1.82) is 0 Å². The molecular weight excluding hydrogens is 323 g/mol. The predicted octanol–water partition coefficient (Wildman–Crippen LogP) is 3.47. The Kier molecular flexibility index (Phi) is 3.83. The van der Waals surface area contributed by atoms with Crippen molar-refractivity contribution in [3.8, 4) is 22.7 Å². The molecule has 8 heteroatoms. The lowest BCUT2D eigenvalue weighted by Crippen LogP contribution is -2.01. The molecule has 1 N–H and O–H groups in total. The number of pyridine rings is 1. The average Bonchev–Trinajstić information content (AvgIpc) is 3.19. The van der Waals surface area contributed by atoms with Crippen molar-refractivity contribution >= 4 is 11.6 Å². The Bertz CT molecular complexity index is 974. The van der Waals surface area contributed by atoms with Crippen molar-refractivity contribution in [1.82, 2.24) is 24.9 Å². The first kappa shape index (κ1) is 14.9. The molecular formula is C17H11FN6O. The van der Waals surface area contributed by atoms with E-state index < -0.39 is 5.95 Å². The van der Waals surface area contributed by atoms with Gasteiger partial charge in [0.15, 0.2) is 5.76 Å². The second-order valence-electron chi connectivity index (χ2n) is 5.02. The zero-order chi connectivity index (χ0) is 17.1. The molecule has 0 bridgehead atoms. The van der Waals surface area contributed by atoms with Crippen molar-refractivity contribution in [2.24, 2.45) is 0 Å². The number of hydrogen-bond donors (Lipinski definition) is 1. The molecule has 0 spiro atoms. The second kappa shape index (κ2) is 6.44. The lowest BCUT2D eigenvalue weighted by Gasteiger charge is -2.09. The van der Waals surface area contributed by atoms with Gasteiger partial charge in [-0.3, -0.25) is 0 Å². The largest absolute Gasteiger partial charge is 0.463 e. The van der Waals surface area contributed by atoms with Crippen LogP contribution in [0, 0.1) is 5.95 Å². The fourth-order valence-corrected chi connectivity index (χ4v) is 2.26. The first-order chi connectivity index (χ1) is 12.3. The van der Waals surface area contributed by atoms with Gasteiger partial charge in [0.05, 0.1) is 23.8 Å². The Labute approximate surface area is 141 Å². The normalized spacial score (nSPS) is 10.6. The van der Waals surface area contributed by atoms with Gasteiger partial charge in [0.1, 0.15) is 12.0 Å². The summed E-state index contributed by atoms with van der Waals surface area (Å²) in [6.45, 7) is 0. The van der Waals surface area contributed by atoms with Crippen LogP contribution in [0.2, 0.25) is 0 Å². The minimum absolute atomic E-state index is 0.331. The Morgan fingerprint density at radius 2 is 1.96 bits per heavy atom. The highest BCUT2D eigenvalue weighted by molar-refractivity contribution is 5.76. The third-order valence-electron chi connectivity index (χ3n) is 3.38. The van der Waals surface area contributed by atoms with E-state index in [1.165, 1.54) is 18.6 Å². The summed E-state index contributed by atoms with van der Waals surface area (Å²) in [6.07, 6.45) is 7.68. The molecule has 4 aromatic heterocycles. The minimum Gasteiger partial charge on any atom is -0.463 e. The topological polar surface area (TPSA) is 89.6 Å². The van der Waals surface area contributed by atoms with Crippen LogP contribution in [-0.2, 0) is 0 Å². The average molecular weight is 334 g/mol.